The van der Waals surface area contributed by atoms with Crippen LogP contribution in [0.5, 0.6) is 11.5 Å². The van der Waals surface area contributed by atoms with Crippen LogP contribution in [0.15, 0.2) is 12.1 Å². The van der Waals surface area contributed by atoms with Crippen LogP contribution < -0.4 is 15.2 Å². The summed E-state index contributed by atoms with van der Waals surface area (Å²) in [5.41, 5.74) is 6.12. The maximum absolute atomic E-state index is 12.7. The summed E-state index contributed by atoms with van der Waals surface area (Å²) >= 11 is 0. The Morgan fingerprint density at radius 3 is 2.82 bits per heavy atom. The number of ether oxygens (including phenoxy) is 2. The molecule has 1 aromatic rings. The van der Waals surface area contributed by atoms with Crippen LogP contribution in [0.25, 0.3) is 0 Å². The third-order valence-corrected chi connectivity index (χ3v) is 2.53. The highest BCUT2D eigenvalue weighted by molar-refractivity contribution is 5.99. The standard InChI is InChI=1S/C12H14FNO3/c13-7-8-5-9(10(15)1-2-14)12-11(6-8)16-3-4-17-12/h5-6H,1-4,7,14H2. The number of carbonyl (C=O) groups is 1. The summed E-state index contributed by atoms with van der Waals surface area (Å²) in [4.78, 5) is 11.8. The molecule has 4 nitrogen and oxygen atoms in total. The van der Waals surface area contributed by atoms with Gasteiger partial charge < -0.3 is 15.2 Å². The Balaban J connectivity index is 2.44. The first-order valence-corrected chi connectivity index (χ1v) is 5.48. The maximum Gasteiger partial charge on any atom is 0.172 e. The predicted molar refractivity (Wildman–Crippen MR) is 60.2 cm³/mol. The Kier molecular flexibility index (Phi) is 3.58. The number of hydrogen-bond acceptors (Lipinski definition) is 4. The van der Waals surface area contributed by atoms with Crippen molar-refractivity contribution in [1.29, 1.82) is 0 Å². The molecule has 0 spiro atoms. The molecule has 1 aliphatic rings. The second kappa shape index (κ2) is 5.14. The Labute approximate surface area is 98.5 Å². The van der Waals surface area contributed by atoms with E-state index < -0.39 is 6.67 Å². The highest BCUT2D eigenvalue weighted by atomic mass is 19.1. The molecule has 0 unspecified atom stereocenters. The molecule has 2 rings (SSSR count). The van der Waals surface area contributed by atoms with Crippen LogP contribution in [0.1, 0.15) is 22.3 Å². The van der Waals surface area contributed by atoms with E-state index in [0.29, 0.717) is 35.8 Å². The summed E-state index contributed by atoms with van der Waals surface area (Å²) in [6, 6.07) is 3.07. The minimum atomic E-state index is -0.639. The van der Waals surface area contributed by atoms with Crippen molar-refractivity contribution in [3.8, 4) is 11.5 Å². The summed E-state index contributed by atoms with van der Waals surface area (Å²) < 4.78 is 23.5. The zero-order valence-electron chi connectivity index (χ0n) is 9.37. The van der Waals surface area contributed by atoms with E-state index in [4.69, 9.17) is 15.2 Å². The number of fused-ring (bicyclic) bond motifs is 1. The van der Waals surface area contributed by atoms with Crippen molar-refractivity contribution < 1.29 is 18.7 Å². The van der Waals surface area contributed by atoms with E-state index in [9.17, 15) is 9.18 Å². The SMILES string of the molecule is NCCC(=O)c1cc(CF)cc2c1OCCO2. The largest absolute Gasteiger partial charge is 0.486 e. The minimum absolute atomic E-state index is 0.149. The third kappa shape index (κ3) is 2.39. The summed E-state index contributed by atoms with van der Waals surface area (Å²) in [5, 5.41) is 0. The van der Waals surface area contributed by atoms with Crippen molar-refractivity contribution in [3.05, 3.63) is 23.3 Å². The Bertz CT molecular complexity index is 434. The van der Waals surface area contributed by atoms with Gasteiger partial charge in [0.2, 0.25) is 0 Å². The number of ketones is 1. The Morgan fingerprint density at radius 1 is 1.35 bits per heavy atom. The van der Waals surface area contributed by atoms with Crippen molar-refractivity contribution in [2.45, 2.75) is 13.1 Å². The van der Waals surface area contributed by atoms with Gasteiger partial charge in [0.05, 0.1) is 5.56 Å². The first-order valence-electron chi connectivity index (χ1n) is 5.48. The van der Waals surface area contributed by atoms with Gasteiger partial charge in [0.1, 0.15) is 19.9 Å². The molecule has 0 fully saturated rings. The quantitative estimate of drug-likeness (QED) is 0.808. The molecule has 1 heterocycles. The number of carbonyl (C=O) groups excluding carboxylic acids is 1. The fourth-order valence-electron chi connectivity index (χ4n) is 1.76. The molecule has 0 radical (unpaired) electrons. The summed E-state index contributed by atoms with van der Waals surface area (Å²) in [6.07, 6.45) is 0.214. The maximum atomic E-state index is 12.7. The Hall–Kier alpha value is -1.62. The van der Waals surface area contributed by atoms with Gasteiger partial charge >= 0.3 is 0 Å². The van der Waals surface area contributed by atoms with E-state index in [-0.39, 0.29) is 18.7 Å². The number of benzene rings is 1. The summed E-state index contributed by atoms with van der Waals surface area (Å²) in [6.45, 7) is 0.423. The van der Waals surface area contributed by atoms with E-state index in [0.717, 1.165) is 0 Å². The van der Waals surface area contributed by atoms with Gasteiger partial charge in [0.25, 0.3) is 0 Å². The number of nitrogens with two attached hydrogens (primary N) is 1. The van der Waals surface area contributed by atoms with Gasteiger partial charge in [-0.15, -0.1) is 0 Å². The monoisotopic (exact) mass is 239 g/mol. The zero-order chi connectivity index (χ0) is 12.3. The van der Waals surface area contributed by atoms with Gasteiger partial charge in [-0.1, -0.05) is 0 Å². The second-order valence-electron chi connectivity index (χ2n) is 3.76. The normalized spacial score (nSPS) is 13.5. The molecule has 0 aromatic heterocycles. The Morgan fingerprint density at radius 2 is 2.12 bits per heavy atom. The number of halogens is 1. The topological polar surface area (TPSA) is 61.6 Å². The van der Waals surface area contributed by atoms with E-state index in [1.54, 1.807) is 6.07 Å². The van der Waals surface area contributed by atoms with Crippen LogP contribution in [-0.2, 0) is 6.67 Å². The lowest BCUT2D eigenvalue weighted by atomic mass is 10.0. The number of alkyl halides is 1. The highest BCUT2D eigenvalue weighted by Crippen LogP contribution is 2.36. The van der Waals surface area contributed by atoms with E-state index in [2.05, 4.69) is 0 Å². The fraction of sp³-hybridized carbons (Fsp3) is 0.417. The molecule has 2 N–H and O–H groups in total. The number of hydrogen-bond donors (Lipinski definition) is 1. The molecule has 0 saturated carbocycles. The predicted octanol–water partition coefficient (Wildman–Crippen LogP) is 1.46. The minimum Gasteiger partial charge on any atom is -0.486 e. The molecule has 17 heavy (non-hydrogen) atoms. The van der Waals surface area contributed by atoms with Crippen LogP contribution in [0.4, 0.5) is 4.39 Å². The van der Waals surface area contributed by atoms with Crippen LogP contribution in [0.3, 0.4) is 0 Å². The molecule has 5 heteroatoms. The first-order chi connectivity index (χ1) is 8.26. The second-order valence-corrected chi connectivity index (χ2v) is 3.76. The third-order valence-electron chi connectivity index (χ3n) is 2.53. The van der Waals surface area contributed by atoms with Crippen molar-refractivity contribution in [2.75, 3.05) is 19.8 Å². The molecule has 0 amide bonds. The van der Waals surface area contributed by atoms with Gasteiger partial charge in [0.15, 0.2) is 17.3 Å². The van der Waals surface area contributed by atoms with Gasteiger partial charge in [-0.05, 0) is 24.2 Å². The smallest absolute Gasteiger partial charge is 0.172 e. The van der Waals surface area contributed by atoms with Crippen molar-refractivity contribution in [3.63, 3.8) is 0 Å². The molecular weight excluding hydrogens is 225 g/mol. The molecule has 1 aromatic carbocycles. The number of Topliss-reactive ketones (excluding diaryl/α,β-unsaturated/α-hetero) is 1. The lowest BCUT2D eigenvalue weighted by Gasteiger charge is -2.21. The van der Waals surface area contributed by atoms with Crippen molar-refractivity contribution in [2.24, 2.45) is 5.73 Å². The van der Waals surface area contributed by atoms with E-state index in [1.165, 1.54) is 6.07 Å². The average Bonchev–Trinajstić information content (AvgIpc) is 2.37. The van der Waals surface area contributed by atoms with Crippen LogP contribution >= 0.6 is 0 Å². The summed E-state index contributed by atoms with van der Waals surface area (Å²) in [7, 11) is 0. The number of rotatable bonds is 4. The summed E-state index contributed by atoms with van der Waals surface area (Å²) in [5.74, 6) is 0.697. The molecule has 0 aliphatic carbocycles. The molecule has 92 valence electrons. The van der Waals surface area contributed by atoms with Crippen molar-refractivity contribution >= 4 is 5.78 Å². The van der Waals surface area contributed by atoms with Crippen LogP contribution in [0, 0.1) is 0 Å². The van der Waals surface area contributed by atoms with Crippen molar-refractivity contribution in [1.82, 2.24) is 0 Å². The van der Waals surface area contributed by atoms with Gasteiger partial charge in [-0.25, -0.2) is 4.39 Å². The highest BCUT2D eigenvalue weighted by Gasteiger charge is 2.21. The lowest BCUT2D eigenvalue weighted by Crippen LogP contribution is -2.19. The molecule has 0 atom stereocenters. The van der Waals surface area contributed by atoms with Crippen LogP contribution in [-0.4, -0.2) is 25.5 Å². The van der Waals surface area contributed by atoms with E-state index in [1.807, 2.05) is 0 Å². The molecular formula is C12H14FNO3. The van der Waals surface area contributed by atoms with Crippen LogP contribution in [0.2, 0.25) is 0 Å². The zero-order valence-corrected chi connectivity index (χ0v) is 9.37. The van der Waals surface area contributed by atoms with E-state index >= 15 is 0 Å². The average molecular weight is 239 g/mol. The van der Waals surface area contributed by atoms with Gasteiger partial charge in [-0.2, -0.15) is 0 Å². The molecule has 1 aliphatic heterocycles. The van der Waals surface area contributed by atoms with Gasteiger partial charge in [0, 0.05) is 6.42 Å². The molecule has 0 bridgehead atoms. The molecule has 0 saturated heterocycles. The fourth-order valence-corrected chi connectivity index (χ4v) is 1.76. The first kappa shape index (κ1) is 11.9. The van der Waals surface area contributed by atoms with Gasteiger partial charge in [-0.3, -0.25) is 4.79 Å². The lowest BCUT2D eigenvalue weighted by molar-refractivity contribution is 0.0974.